The second kappa shape index (κ2) is 7.51. The number of aliphatic hydroxyl groups is 2. The first-order chi connectivity index (χ1) is 9.10. The van der Waals surface area contributed by atoms with Crippen LogP contribution in [0, 0.1) is 10.7 Å². The highest BCUT2D eigenvalue weighted by Crippen LogP contribution is 2.29. The average molecular weight is 279 g/mol. The molecule has 1 rings (SSSR count). The molecule has 8 heteroatoms. The molecule has 0 saturated heterocycles. The van der Waals surface area contributed by atoms with Gasteiger partial charge in [0.05, 0.1) is 6.10 Å². The summed E-state index contributed by atoms with van der Waals surface area (Å²) in [6.07, 6.45) is -2.15. The number of nitrogens with two attached hydrogens (primary N) is 1. The Morgan fingerprint density at radius 2 is 2.26 bits per heavy atom. The third-order valence-corrected chi connectivity index (χ3v) is 3.07. The van der Waals surface area contributed by atoms with Crippen LogP contribution >= 0.6 is 11.8 Å². The first kappa shape index (κ1) is 15.1. The lowest BCUT2D eigenvalue weighted by Crippen LogP contribution is -2.20. The van der Waals surface area contributed by atoms with Gasteiger partial charge in [0.1, 0.15) is 11.5 Å². The summed E-state index contributed by atoms with van der Waals surface area (Å²) >= 11 is 0.939. The highest BCUT2D eigenvalue weighted by Gasteiger charge is 2.20. The second-order valence-corrected chi connectivity index (χ2v) is 4.60. The molecule has 0 spiro atoms. The molecule has 19 heavy (non-hydrogen) atoms. The summed E-state index contributed by atoms with van der Waals surface area (Å²) in [6.45, 7) is 0.0846. The van der Waals surface area contributed by atoms with Gasteiger partial charge in [0, 0.05) is 27.6 Å². The molecule has 0 aliphatic heterocycles. The van der Waals surface area contributed by atoms with Crippen LogP contribution in [0.5, 0.6) is 0 Å². The number of benzene rings is 1. The Morgan fingerprint density at radius 1 is 1.53 bits per heavy atom. The fraction of sp³-hybridized carbons (Fsp3) is 0.364. The minimum atomic E-state index is -1.19. The summed E-state index contributed by atoms with van der Waals surface area (Å²) in [7, 11) is 0. The van der Waals surface area contributed by atoms with E-state index in [1.165, 1.54) is 0 Å². The Kier molecular flexibility index (Phi) is 5.99. The number of azide groups is 1. The molecule has 0 bridgehead atoms. The molecule has 0 amide bonds. The molecule has 1 aromatic rings. The van der Waals surface area contributed by atoms with Gasteiger partial charge in [-0.15, -0.1) is 0 Å². The Labute approximate surface area is 114 Å². The van der Waals surface area contributed by atoms with Crippen LogP contribution < -0.4 is 5.73 Å². The van der Waals surface area contributed by atoms with Gasteiger partial charge in [-0.1, -0.05) is 5.11 Å². The molecule has 4 N–H and O–H groups in total. The summed E-state index contributed by atoms with van der Waals surface area (Å²) in [5.74, 6) is 0. The van der Waals surface area contributed by atoms with Crippen molar-refractivity contribution in [2.24, 2.45) is 5.11 Å². The Morgan fingerprint density at radius 3 is 2.89 bits per heavy atom. The Hall–Kier alpha value is -1.91. The lowest BCUT2D eigenvalue weighted by molar-refractivity contribution is 0.0153. The number of nitrogen functional groups attached to an aromatic ring is 1. The lowest BCUT2D eigenvalue weighted by atomic mass is 10.0. The van der Waals surface area contributed by atoms with Crippen LogP contribution in [0.15, 0.2) is 28.2 Å². The van der Waals surface area contributed by atoms with Crippen LogP contribution in [0.1, 0.15) is 18.1 Å². The van der Waals surface area contributed by atoms with Crippen LogP contribution in [-0.4, -0.2) is 22.9 Å². The molecule has 100 valence electrons. The van der Waals surface area contributed by atoms with Crippen LogP contribution in [0.4, 0.5) is 5.69 Å². The van der Waals surface area contributed by atoms with Crippen molar-refractivity contribution in [3.05, 3.63) is 34.2 Å². The number of nitrogens with zero attached hydrogens (tertiary/aromatic N) is 4. The van der Waals surface area contributed by atoms with E-state index in [4.69, 9.17) is 16.5 Å². The maximum atomic E-state index is 10.0. The normalized spacial score (nSPS) is 13.1. The molecule has 0 aliphatic rings. The molecule has 0 saturated carbocycles. The lowest BCUT2D eigenvalue weighted by Gasteiger charge is -2.19. The first-order valence-corrected chi connectivity index (χ1v) is 6.24. The van der Waals surface area contributed by atoms with Gasteiger partial charge in [0.15, 0.2) is 0 Å². The number of hydrogen-bond acceptors (Lipinski definition) is 6. The zero-order valence-corrected chi connectivity index (χ0v) is 10.8. The molecule has 2 atom stereocenters. The van der Waals surface area contributed by atoms with Crippen LogP contribution in [0.2, 0.25) is 0 Å². The van der Waals surface area contributed by atoms with Crippen LogP contribution in [0.25, 0.3) is 10.4 Å². The van der Waals surface area contributed by atoms with Crippen LogP contribution in [-0.2, 0) is 0 Å². The Balaban J connectivity index is 2.85. The van der Waals surface area contributed by atoms with E-state index in [-0.39, 0.29) is 13.0 Å². The van der Waals surface area contributed by atoms with Crippen molar-refractivity contribution in [1.29, 1.82) is 5.26 Å². The predicted octanol–water partition coefficient (Wildman–Crippen LogP) is 1.94. The SMILES string of the molecule is N#CSc1ccc(N)c(C(O)C(O)CCN=[N+]=[N-])c1. The molecule has 0 radical (unpaired) electrons. The summed E-state index contributed by atoms with van der Waals surface area (Å²) < 4.78 is 0. The summed E-state index contributed by atoms with van der Waals surface area (Å²) in [4.78, 5) is 3.20. The van der Waals surface area contributed by atoms with Gasteiger partial charge in [-0.05, 0) is 41.9 Å². The maximum absolute atomic E-state index is 10.0. The number of thiocyanates is 1. The van der Waals surface area contributed by atoms with Crippen LogP contribution in [0.3, 0.4) is 0 Å². The molecule has 0 aliphatic carbocycles. The standard InChI is InChI=1S/C11H13N5O2S/c12-6-19-7-1-2-9(13)8(5-7)11(18)10(17)3-4-15-16-14/h1-2,5,10-11,17-18H,3-4,13H2. The van der Waals surface area contributed by atoms with Crippen molar-refractivity contribution in [3.8, 4) is 5.40 Å². The van der Waals surface area contributed by atoms with Gasteiger partial charge in [-0.25, -0.2) is 0 Å². The van der Waals surface area contributed by atoms with E-state index in [2.05, 4.69) is 10.0 Å². The molecule has 1 aromatic carbocycles. The highest BCUT2D eigenvalue weighted by molar-refractivity contribution is 8.03. The van der Waals surface area contributed by atoms with E-state index in [0.29, 0.717) is 16.1 Å². The molecule has 0 heterocycles. The van der Waals surface area contributed by atoms with Crippen molar-refractivity contribution >= 4 is 17.4 Å². The fourth-order valence-electron chi connectivity index (χ4n) is 1.53. The molecule has 0 fully saturated rings. The molecule has 2 unspecified atom stereocenters. The van der Waals surface area contributed by atoms with Gasteiger partial charge in [0.2, 0.25) is 0 Å². The average Bonchev–Trinajstić information content (AvgIpc) is 2.40. The third kappa shape index (κ3) is 4.35. The van der Waals surface area contributed by atoms with Gasteiger partial charge in [0.25, 0.3) is 0 Å². The van der Waals surface area contributed by atoms with Gasteiger partial charge in [-0.3, -0.25) is 0 Å². The van der Waals surface area contributed by atoms with E-state index in [0.717, 1.165) is 11.8 Å². The van der Waals surface area contributed by atoms with E-state index in [1.54, 1.807) is 18.2 Å². The number of nitriles is 1. The monoisotopic (exact) mass is 279 g/mol. The molecular weight excluding hydrogens is 266 g/mol. The topological polar surface area (TPSA) is 139 Å². The van der Waals surface area contributed by atoms with Crippen molar-refractivity contribution in [2.45, 2.75) is 23.5 Å². The largest absolute Gasteiger partial charge is 0.398 e. The molecule has 7 nitrogen and oxygen atoms in total. The number of aliphatic hydroxyl groups excluding tert-OH is 2. The fourth-order valence-corrected chi connectivity index (χ4v) is 1.95. The zero-order valence-electron chi connectivity index (χ0n) is 9.97. The number of rotatable bonds is 6. The zero-order chi connectivity index (χ0) is 14.3. The first-order valence-electron chi connectivity index (χ1n) is 5.42. The van der Waals surface area contributed by atoms with E-state index in [1.807, 2.05) is 5.40 Å². The second-order valence-electron chi connectivity index (χ2n) is 3.74. The summed E-state index contributed by atoms with van der Waals surface area (Å²) in [5.41, 5.74) is 14.6. The Bertz CT molecular complexity index is 524. The number of anilines is 1. The number of thioether (sulfide) groups is 1. The van der Waals surface area contributed by atoms with E-state index in [9.17, 15) is 10.2 Å². The summed E-state index contributed by atoms with van der Waals surface area (Å²) in [5, 5.41) is 33.6. The molecular formula is C11H13N5O2S. The van der Waals surface area contributed by atoms with Gasteiger partial charge >= 0.3 is 0 Å². The maximum Gasteiger partial charge on any atom is 0.138 e. The minimum Gasteiger partial charge on any atom is -0.398 e. The summed E-state index contributed by atoms with van der Waals surface area (Å²) in [6, 6.07) is 4.79. The van der Waals surface area contributed by atoms with E-state index >= 15 is 0 Å². The minimum absolute atomic E-state index is 0.0846. The smallest absolute Gasteiger partial charge is 0.138 e. The van der Waals surface area contributed by atoms with Crippen molar-refractivity contribution in [2.75, 3.05) is 12.3 Å². The van der Waals surface area contributed by atoms with Crippen molar-refractivity contribution in [1.82, 2.24) is 0 Å². The van der Waals surface area contributed by atoms with Gasteiger partial charge < -0.3 is 15.9 Å². The highest BCUT2D eigenvalue weighted by atomic mass is 32.2. The van der Waals surface area contributed by atoms with Crippen molar-refractivity contribution < 1.29 is 10.2 Å². The predicted molar refractivity (Wildman–Crippen MR) is 71.9 cm³/mol. The molecule has 0 aromatic heterocycles. The van der Waals surface area contributed by atoms with Gasteiger partial charge in [-0.2, -0.15) is 5.26 Å². The van der Waals surface area contributed by atoms with Crippen molar-refractivity contribution in [3.63, 3.8) is 0 Å². The number of hydrogen-bond donors (Lipinski definition) is 3. The van der Waals surface area contributed by atoms with E-state index < -0.39 is 12.2 Å². The third-order valence-electron chi connectivity index (χ3n) is 2.49. The quantitative estimate of drug-likeness (QED) is 0.182.